The largest absolute Gasteiger partial charge is 0.496 e. The van der Waals surface area contributed by atoms with Crippen LogP contribution in [-0.4, -0.2) is 40.3 Å². The Morgan fingerprint density at radius 2 is 1.80 bits per heavy atom. The molecule has 192 valence electrons. The molecule has 0 aromatic heterocycles. The Morgan fingerprint density at radius 1 is 1.14 bits per heavy atom. The zero-order valence-corrected chi connectivity index (χ0v) is 23.0. The van der Waals surface area contributed by atoms with Gasteiger partial charge >= 0.3 is 0 Å². The Balaban J connectivity index is 1.89. The van der Waals surface area contributed by atoms with Crippen molar-refractivity contribution in [3.8, 4) is 11.5 Å². The molecule has 0 spiro atoms. The van der Waals surface area contributed by atoms with E-state index in [9.17, 15) is 13.2 Å². The van der Waals surface area contributed by atoms with Crippen LogP contribution >= 0.6 is 0 Å². The van der Waals surface area contributed by atoms with Crippen LogP contribution in [0, 0.1) is 6.92 Å². The van der Waals surface area contributed by atoms with E-state index < -0.39 is 16.1 Å². The van der Waals surface area contributed by atoms with Gasteiger partial charge in [0.15, 0.2) is 6.10 Å². The number of anilines is 1. The number of hydrogen-bond acceptors (Lipinski definition) is 5. The summed E-state index contributed by atoms with van der Waals surface area (Å²) in [6.07, 6.45) is 0.181. The maximum absolute atomic E-state index is 13.3. The van der Waals surface area contributed by atoms with Crippen molar-refractivity contribution in [3.05, 3.63) is 52.6 Å². The lowest BCUT2D eigenvalue weighted by molar-refractivity contribution is -0.128. The van der Waals surface area contributed by atoms with Crippen LogP contribution < -0.4 is 19.1 Å². The molecule has 0 saturated carbocycles. The van der Waals surface area contributed by atoms with Gasteiger partial charge in [0.05, 0.1) is 31.6 Å². The molecular weight excluding hydrogens is 464 g/mol. The summed E-state index contributed by atoms with van der Waals surface area (Å²) in [5.74, 6) is 1.10. The highest BCUT2D eigenvalue weighted by molar-refractivity contribution is 7.92. The van der Waals surface area contributed by atoms with Crippen molar-refractivity contribution in [2.45, 2.75) is 71.9 Å². The molecule has 1 amide bonds. The van der Waals surface area contributed by atoms with Gasteiger partial charge in [-0.25, -0.2) is 8.42 Å². The summed E-state index contributed by atoms with van der Waals surface area (Å²) in [6.45, 7) is 14.2. The van der Waals surface area contributed by atoms with Crippen molar-refractivity contribution in [1.82, 2.24) is 5.32 Å². The van der Waals surface area contributed by atoms with Gasteiger partial charge < -0.3 is 14.8 Å². The third kappa shape index (κ3) is 5.74. The number of hydrogen-bond donors (Lipinski definition) is 1. The van der Waals surface area contributed by atoms with Crippen LogP contribution in [0.3, 0.4) is 0 Å². The van der Waals surface area contributed by atoms with Crippen LogP contribution in [0.2, 0.25) is 0 Å². The van der Waals surface area contributed by atoms with Gasteiger partial charge in [0, 0.05) is 0 Å². The maximum Gasteiger partial charge on any atom is 0.263 e. The first kappa shape index (κ1) is 26.9. The topological polar surface area (TPSA) is 84.9 Å². The Labute approximate surface area is 209 Å². The van der Waals surface area contributed by atoms with Crippen LogP contribution in [0.5, 0.6) is 11.5 Å². The molecule has 0 radical (unpaired) electrons. The fraction of sp³-hybridized carbons (Fsp3) is 0.519. The molecule has 1 heterocycles. The highest BCUT2D eigenvalue weighted by atomic mass is 32.2. The summed E-state index contributed by atoms with van der Waals surface area (Å²) in [5, 5.41) is 3.02. The second-order valence-corrected chi connectivity index (χ2v) is 12.6. The van der Waals surface area contributed by atoms with E-state index in [0.717, 1.165) is 34.3 Å². The van der Waals surface area contributed by atoms with Gasteiger partial charge in [0.2, 0.25) is 10.0 Å². The molecule has 35 heavy (non-hydrogen) atoms. The van der Waals surface area contributed by atoms with E-state index in [1.807, 2.05) is 32.0 Å². The molecule has 2 aromatic rings. The first-order chi connectivity index (χ1) is 16.1. The van der Waals surface area contributed by atoms with E-state index in [2.05, 4.69) is 46.0 Å². The molecule has 8 heteroatoms. The Bertz CT molecular complexity index is 1210. The highest BCUT2D eigenvalue weighted by Crippen LogP contribution is 2.39. The average molecular weight is 503 g/mol. The molecule has 0 unspecified atom stereocenters. The van der Waals surface area contributed by atoms with Crippen molar-refractivity contribution < 1.29 is 22.7 Å². The zero-order valence-electron chi connectivity index (χ0n) is 22.2. The predicted molar refractivity (Wildman–Crippen MR) is 140 cm³/mol. The van der Waals surface area contributed by atoms with Gasteiger partial charge in [-0.1, -0.05) is 40.7 Å². The number of aryl methyl sites for hydroxylation is 1. The van der Waals surface area contributed by atoms with E-state index in [-0.39, 0.29) is 29.8 Å². The first-order valence-corrected chi connectivity index (χ1v) is 13.8. The quantitative estimate of drug-likeness (QED) is 0.612. The van der Waals surface area contributed by atoms with Gasteiger partial charge in [-0.3, -0.25) is 9.10 Å². The molecule has 0 aliphatic carbocycles. The zero-order chi connectivity index (χ0) is 26.3. The number of carbonyl (C=O) groups is 1. The fourth-order valence-electron chi connectivity index (χ4n) is 4.36. The number of rotatable bonds is 6. The van der Waals surface area contributed by atoms with Gasteiger partial charge in [-0.15, -0.1) is 0 Å². The normalized spacial score (nSPS) is 17.0. The third-order valence-corrected chi connectivity index (χ3v) is 7.60. The smallest absolute Gasteiger partial charge is 0.263 e. The number of nitrogens with zero attached hydrogens (tertiary/aromatic N) is 1. The molecule has 2 aromatic carbocycles. The minimum Gasteiger partial charge on any atom is -0.496 e. The number of benzene rings is 2. The van der Waals surface area contributed by atoms with Crippen LogP contribution in [-0.2, 0) is 20.2 Å². The number of carbonyl (C=O) groups excluding carboxylic acids is 1. The highest BCUT2D eigenvalue weighted by Gasteiger charge is 2.36. The minimum atomic E-state index is -3.62. The van der Waals surface area contributed by atoms with Crippen molar-refractivity contribution in [2.75, 3.05) is 24.2 Å². The molecule has 0 saturated heterocycles. The van der Waals surface area contributed by atoms with E-state index in [0.29, 0.717) is 11.4 Å². The van der Waals surface area contributed by atoms with Crippen LogP contribution in [0.15, 0.2) is 30.3 Å². The van der Waals surface area contributed by atoms with E-state index in [4.69, 9.17) is 9.47 Å². The summed E-state index contributed by atoms with van der Waals surface area (Å²) in [6, 6.07) is 9.25. The number of sulfonamides is 1. The molecule has 2 atom stereocenters. The number of ether oxygens (including phenoxy) is 2. The summed E-state index contributed by atoms with van der Waals surface area (Å²) in [4.78, 5) is 13.3. The number of amides is 1. The summed E-state index contributed by atoms with van der Waals surface area (Å²) < 4.78 is 38.1. The molecule has 0 bridgehead atoms. The third-order valence-electron chi connectivity index (χ3n) is 6.45. The number of fused-ring (bicyclic) bond motifs is 1. The van der Waals surface area contributed by atoms with E-state index in [1.165, 1.54) is 4.31 Å². The average Bonchev–Trinajstić information content (AvgIpc) is 2.75. The predicted octanol–water partition coefficient (Wildman–Crippen LogP) is 4.83. The summed E-state index contributed by atoms with van der Waals surface area (Å²) >= 11 is 0. The lowest BCUT2D eigenvalue weighted by Gasteiger charge is -2.35. The number of nitrogens with one attached hydrogen (secondary N) is 1. The molecule has 0 fully saturated rings. The SMILES string of the molecule is COc1cc(C)c([C@H](C)NC(=O)[C@H]2CN(S(C)(=O)=O)c3cc(C(C)(C)C)ccc3O2)cc1C(C)C. The van der Waals surface area contributed by atoms with Crippen molar-refractivity contribution in [2.24, 2.45) is 0 Å². The first-order valence-electron chi connectivity index (χ1n) is 11.9. The molecular formula is C27H38N2O5S. The second-order valence-electron chi connectivity index (χ2n) is 10.7. The van der Waals surface area contributed by atoms with Gasteiger partial charge in [-0.2, -0.15) is 0 Å². The van der Waals surface area contributed by atoms with Crippen molar-refractivity contribution in [1.29, 1.82) is 0 Å². The van der Waals surface area contributed by atoms with Crippen LogP contribution in [0.25, 0.3) is 0 Å². The van der Waals surface area contributed by atoms with Crippen molar-refractivity contribution in [3.63, 3.8) is 0 Å². The summed E-state index contributed by atoms with van der Waals surface area (Å²) in [7, 11) is -1.96. The monoisotopic (exact) mass is 502 g/mol. The van der Waals surface area contributed by atoms with Gasteiger partial charge in [0.1, 0.15) is 11.5 Å². The Kier molecular flexibility index (Phi) is 7.46. The van der Waals surface area contributed by atoms with Crippen LogP contribution in [0.1, 0.15) is 75.8 Å². The Hall–Kier alpha value is -2.74. The van der Waals surface area contributed by atoms with Crippen LogP contribution in [0.4, 0.5) is 5.69 Å². The lowest BCUT2D eigenvalue weighted by Crippen LogP contribution is -2.51. The maximum atomic E-state index is 13.3. The molecule has 3 rings (SSSR count). The Morgan fingerprint density at radius 3 is 2.34 bits per heavy atom. The standard InChI is InChI=1S/C27H38N2O5S/c1-16(2)20-14-21(17(3)12-24(20)33-8)18(4)28-26(30)25-15-29(35(9,31)32)22-13-19(27(5,6)7)10-11-23(22)34-25/h10-14,16,18,25H,15H2,1-9H3,(H,28,30)/t18-,25+/m0/s1. The second kappa shape index (κ2) is 9.72. The van der Waals surface area contributed by atoms with Crippen molar-refractivity contribution >= 4 is 21.6 Å². The number of methoxy groups -OCH3 is 1. The fourth-order valence-corrected chi connectivity index (χ4v) is 5.27. The molecule has 1 aliphatic heterocycles. The summed E-state index contributed by atoms with van der Waals surface area (Å²) in [5.41, 5.74) is 4.34. The lowest BCUT2D eigenvalue weighted by atomic mass is 9.86. The van der Waals surface area contributed by atoms with Gasteiger partial charge in [0.25, 0.3) is 5.91 Å². The van der Waals surface area contributed by atoms with Gasteiger partial charge in [-0.05, 0) is 71.7 Å². The minimum absolute atomic E-state index is 0.0865. The molecule has 7 nitrogen and oxygen atoms in total. The van der Waals surface area contributed by atoms with E-state index >= 15 is 0 Å². The molecule has 1 aliphatic rings. The van der Waals surface area contributed by atoms with E-state index in [1.54, 1.807) is 13.2 Å². The molecule has 1 N–H and O–H groups in total.